The number of ether oxygens (including phenoxy) is 1. The van der Waals surface area contributed by atoms with Crippen molar-refractivity contribution >= 4 is 11.3 Å². The summed E-state index contributed by atoms with van der Waals surface area (Å²) < 4.78 is 11.4. The second kappa shape index (κ2) is 7.37. The lowest BCUT2D eigenvalue weighted by atomic mass is 9.97. The summed E-state index contributed by atoms with van der Waals surface area (Å²) in [7, 11) is 1.72. The molecule has 0 amide bonds. The van der Waals surface area contributed by atoms with Crippen molar-refractivity contribution in [2.75, 3.05) is 20.2 Å². The highest BCUT2D eigenvalue weighted by molar-refractivity contribution is 7.13. The molecule has 3 aromatic rings. The van der Waals surface area contributed by atoms with Crippen LogP contribution in [-0.4, -0.2) is 35.3 Å². The summed E-state index contributed by atoms with van der Waals surface area (Å²) >= 11 is 1.62. The molecule has 2 aromatic heterocycles. The average molecular weight is 355 g/mol. The summed E-state index contributed by atoms with van der Waals surface area (Å²) in [4.78, 5) is 3.47. The van der Waals surface area contributed by atoms with Crippen LogP contribution in [-0.2, 0) is 6.54 Å². The summed E-state index contributed by atoms with van der Waals surface area (Å²) in [6, 6.07) is 12.2. The Morgan fingerprint density at radius 1 is 1.24 bits per heavy atom. The monoisotopic (exact) mass is 355 g/mol. The number of aromatic nitrogens is 2. The van der Waals surface area contributed by atoms with Gasteiger partial charge in [0.1, 0.15) is 5.75 Å². The first-order valence-electron chi connectivity index (χ1n) is 8.55. The van der Waals surface area contributed by atoms with Crippen molar-refractivity contribution in [3.8, 4) is 16.5 Å². The SMILES string of the molecule is COc1ccccc1CN1CCCC(c2nnc(-c3cccs3)o2)C1. The van der Waals surface area contributed by atoms with Gasteiger partial charge in [-0.2, -0.15) is 0 Å². The highest BCUT2D eigenvalue weighted by atomic mass is 32.1. The molecule has 4 rings (SSSR count). The third kappa shape index (κ3) is 3.60. The van der Waals surface area contributed by atoms with Gasteiger partial charge < -0.3 is 9.15 Å². The van der Waals surface area contributed by atoms with Crippen LogP contribution in [0, 0.1) is 0 Å². The second-order valence-electron chi connectivity index (χ2n) is 6.31. The van der Waals surface area contributed by atoms with Crippen LogP contribution in [0.25, 0.3) is 10.8 Å². The highest BCUT2D eigenvalue weighted by Crippen LogP contribution is 2.31. The first-order valence-corrected chi connectivity index (χ1v) is 9.43. The lowest BCUT2D eigenvalue weighted by Crippen LogP contribution is -2.34. The van der Waals surface area contributed by atoms with E-state index in [4.69, 9.17) is 9.15 Å². The van der Waals surface area contributed by atoms with Crippen molar-refractivity contribution in [1.82, 2.24) is 15.1 Å². The van der Waals surface area contributed by atoms with Gasteiger partial charge in [-0.25, -0.2) is 0 Å². The van der Waals surface area contributed by atoms with Crippen molar-refractivity contribution in [3.63, 3.8) is 0 Å². The molecule has 3 heterocycles. The molecule has 0 N–H and O–H groups in total. The van der Waals surface area contributed by atoms with E-state index in [0.29, 0.717) is 11.8 Å². The number of benzene rings is 1. The Kier molecular flexibility index (Phi) is 4.81. The molecule has 25 heavy (non-hydrogen) atoms. The minimum atomic E-state index is 0.296. The average Bonchev–Trinajstić information content (AvgIpc) is 3.34. The summed E-state index contributed by atoms with van der Waals surface area (Å²) in [5, 5.41) is 10.6. The van der Waals surface area contributed by atoms with Crippen molar-refractivity contribution < 1.29 is 9.15 Å². The van der Waals surface area contributed by atoms with Gasteiger partial charge in [0, 0.05) is 18.7 Å². The van der Waals surface area contributed by atoms with Crippen LogP contribution < -0.4 is 4.74 Å². The van der Waals surface area contributed by atoms with Gasteiger partial charge >= 0.3 is 0 Å². The summed E-state index contributed by atoms with van der Waals surface area (Å²) in [6.45, 7) is 2.90. The number of rotatable bonds is 5. The first kappa shape index (κ1) is 16.3. The van der Waals surface area contributed by atoms with E-state index in [1.165, 1.54) is 5.56 Å². The molecule has 0 saturated carbocycles. The normalized spacial score (nSPS) is 18.4. The van der Waals surface area contributed by atoms with Crippen LogP contribution in [0.3, 0.4) is 0 Å². The maximum Gasteiger partial charge on any atom is 0.257 e. The van der Waals surface area contributed by atoms with Gasteiger partial charge in [0.25, 0.3) is 5.89 Å². The third-order valence-electron chi connectivity index (χ3n) is 4.61. The van der Waals surface area contributed by atoms with Crippen LogP contribution in [0.5, 0.6) is 5.75 Å². The Morgan fingerprint density at radius 2 is 2.16 bits per heavy atom. The number of hydrogen-bond donors (Lipinski definition) is 0. The zero-order valence-electron chi connectivity index (χ0n) is 14.2. The van der Waals surface area contributed by atoms with E-state index in [-0.39, 0.29) is 0 Å². The van der Waals surface area contributed by atoms with Crippen LogP contribution >= 0.6 is 11.3 Å². The van der Waals surface area contributed by atoms with Crippen molar-refractivity contribution in [2.45, 2.75) is 25.3 Å². The Bertz CT molecular complexity index is 816. The lowest BCUT2D eigenvalue weighted by molar-refractivity contribution is 0.184. The molecular formula is C19H21N3O2S. The minimum absolute atomic E-state index is 0.296. The predicted molar refractivity (Wildman–Crippen MR) is 97.9 cm³/mol. The van der Waals surface area contributed by atoms with Crippen LogP contribution in [0.2, 0.25) is 0 Å². The molecule has 0 spiro atoms. The fraction of sp³-hybridized carbons (Fsp3) is 0.368. The van der Waals surface area contributed by atoms with Crippen LogP contribution in [0.15, 0.2) is 46.2 Å². The smallest absolute Gasteiger partial charge is 0.257 e. The molecule has 1 fully saturated rings. The largest absolute Gasteiger partial charge is 0.496 e. The maximum atomic E-state index is 5.95. The molecule has 0 bridgehead atoms. The Hall–Kier alpha value is -2.18. The topological polar surface area (TPSA) is 51.4 Å². The minimum Gasteiger partial charge on any atom is -0.496 e. The molecular weight excluding hydrogens is 334 g/mol. The Balaban J connectivity index is 1.46. The highest BCUT2D eigenvalue weighted by Gasteiger charge is 2.26. The fourth-order valence-electron chi connectivity index (χ4n) is 3.37. The van der Waals surface area contributed by atoms with Crippen molar-refractivity contribution in [3.05, 3.63) is 53.2 Å². The second-order valence-corrected chi connectivity index (χ2v) is 7.26. The zero-order chi connectivity index (χ0) is 17.1. The lowest BCUT2D eigenvalue weighted by Gasteiger charge is -2.31. The summed E-state index contributed by atoms with van der Waals surface area (Å²) in [5.74, 6) is 2.63. The van der Waals surface area contributed by atoms with Gasteiger partial charge in [-0.3, -0.25) is 4.90 Å². The van der Waals surface area contributed by atoms with Gasteiger partial charge in [-0.15, -0.1) is 21.5 Å². The number of hydrogen-bond acceptors (Lipinski definition) is 6. The molecule has 130 valence electrons. The van der Waals surface area contributed by atoms with E-state index in [1.54, 1.807) is 18.4 Å². The van der Waals surface area contributed by atoms with E-state index in [0.717, 1.165) is 49.0 Å². The van der Waals surface area contributed by atoms with Crippen molar-refractivity contribution in [2.24, 2.45) is 0 Å². The fourth-order valence-corrected chi connectivity index (χ4v) is 4.02. The summed E-state index contributed by atoms with van der Waals surface area (Å²) in [6.07, 6.45) is 2.23. The molecule has 6 heteroatoms. The van der Waals surface area contributed by atoms with Gasteiger partial charge in [-0.05, 0) is 36.9 Å². The first-order chi connectivity index (χ1) is 12.3. The van der Waals surface area contributed by atoms with E-state index in [9.17, 15) is 0 Å². The van der Waals surface area contributed by atoms with E-state index >= 15 is 0 Å². The molecule has 1 atom stereocenters. The predicted octanol–water partition coefficient (Wildman–Crippen LogP) is 4.19. The molecule has 0 radical (unpaired) electrons. The van der Waals surface area contributed by atoms with E-state index in [2.05, 4.69) is 27.2 Å². The van der Waals surface area contributed by atoms with Gasteiger partial charge in [-0.1, -0.05) is 24.3 Å². The molecule has 1 unspecified atom stereocenters. The molecule has 1 aromatic carbocycles. The number of para-hydroxylation sites is 1. The van der Waals surface area contributed by atoms with Gasteiger partial charge in [0.2, 0.25) is 5.89 Å². The number of methoxy groups -OCH3 is 1. The molecule has 1 aliphatic heterocycles. The quantitative estimate of drug-likeness (QED) is 0.687. The zero-order valence-corrected chi connectivity index (χ0v) is 15.0. The van der Waals surface area contributed by atoms with E-state index < -0.39 is 0 Å². The number of nitrogens with zero attached hydrogens (tertiary/aromatic N) is 3. The molecule has 0 aliphatic carbocycles. The van der Waals surface area contributed by atoms with Crippen LogP contribution in [0.4, 0.5) is 0 Å². The van der Waals surface area contributed by atoms with Crippen molar-refractivity contribution in [1.29, 1.82) is 0 Å². The Morgan fingerprint density at radius 3 is 3.00 bits per heavy atom. The standard InChI is InChI=1S/C19H21N3O2S/c1-23-16-8-3-2-6-14(16)12-22-10-4-7-15(13-22)18-20-21-19(24-18)17-9-5-11-25-17/h2-3,5-6,8-9,11,15H,4,7,10,12-13H2,1H3. The third-order valence-corrected chi connectivity index (χ3v) is 5.47. The molecule has 5 nitrogen and oxygen atoms in total. The Labute approximate surface area is 151 Å². The van der Waals surface area contributed by atoms with E-state index in [1.807, 2.05) is 29.6 Å². The maximum absolute atomic E-state index is 5.95. The molecule has 1 aliphatic rings. The van der Waals surface area contributed by atoms with Gasteiger partial charge in [0.15, 0.2) is 0 Å². The molecule has 1 saturated heterocycles. The summed E-state index contributed by atoms with van der Waals surface area (Å²) in [5.41, 5.74) is 1.22. The number of piperidine rings is 1. The number of thiophene rings is 1. The number of likely N-dealkylation sites (tertiary alicyclic amines) is 1. The van der Waals surface area contributed by atoms with Gasteiger partial charge in [0.05, 0.1) is 17.9 Å². The van der Waals surface area contributed by atoms with Crippen LogP contribution in [0.1, 0.15) is 30.2 Å².